The van der Waals surface area contributed by atoms with Crippen LogP contribution in [0, 0.1) is 12.7 Å². The summed E-state index contributed by atoms with van der Waals surface area (Å²) in [6, 6.07) is 3.37. The molecule has 0 amide bonds. The molecule has 3 heteroatoms. The minimum Gasteiger partial charge on any atom is -0.493 e. The quantitative estimate of drug-likeness (QED) is 0.773. The Bertz CT molecular complexity index is 276. The van der Waals surface area contributed by atoms with Gasteiger partial charge in [-0.1, -0.05) is 6.07 Å². The second kappa shape index (κ2) is 4.23. The minimum atomic E-state index is -0.314. The summed E-state index contributed by atoms with van der Waals surface area (Å²) in [5.41, 5.74) is 7.10. The molecule has 0 spiro atoms. The third-order valence-corrected chi connectivity index (χ3v) is 1.93. The van der Waals surface area contributed by atoms with Gasteiger partial charge >= 0.3 is 0 Å². The van der Waals surface area contributed by atoms with Crippen molar-refractivity contribution in [1.29, 1.82) is 0 Å². The second-order valence-corrected chi connectivity index (χ2v) is 2.97. The molecule has 0 saturated heterocycles. The smallest absolute Gasteiger partial charge is 0.165 e. The number of nitrogens with two attached hydrogens (primary N) is 1. The molecular formula is C10H14FNO. The highest BCUT2D eigenvalue weighted by Crippen LogP contribution is 2.23. The summed E-state index contributed by atoms with van der Waals surface area (Å²) in [6.45, 7) is 2.35. The van der Waals surface area contributed by atoms with Crippen molar-refractivity contribution < 1.29 is 9.13 Å². The first-order chi connectivity index (χ1) is 6.19. The standard InChI is InChI=1S/C10H14FNO/c1-7-5-8(3-4-12)6-9(11)10(7)13-2/h5-6H,3-4,12H2,1-2H3. The molecule has 1 aromatic carbocycles. The molecule has 0 bridgehead atoms. The van der Waals surface area contributed by atoms with E-state index in [9.17, 15) is 4.39 Å². The van der Waals surface area contributed by atoms with Gasteiger partial charge in [0.1, 0.15) is 0 Å². The van der Waals surface area contributed by atoms with E-state index in [4.69, 9.17) is 10.5 Å². The van der Waals surface area contributed by atoms with Crippen molar-refractivity contribution in [2.45, 2.75) is 13.3 Å². The van der Waals surface area contributed by atoms with Crippen LogP contribution in [0.15, 0.2) is 12.1 Å². The number of rotatable bonds is 3. The maximum Gasteiger partial charge on any atom is 0.165 e. The Morgan fingerprint density at radius 1 is 1.46 bits per heavy atom. The van der Waals surface area contributed by atoms with Crippen LogP contribution in [-0.4, -0.2) is 13.7 Å². The molecule has 1 aromatic rings. The summed E-state index contributed by atoms with van der Waals surface area (Å²) in [4.78, 5) is 0. The molecule has 13 heavy (non-hydrogen) atoms. The van der Waals surface area contributed by atoms with E-state index in [1.807, 2.05) is 13.0 Å². The van der Waals surface area contributed by atoms with Crippen molar-refractivity contribution in [1.82, 2.24) is 0 Å². The number of methoxy groups -OCH3 is 1. The SMILES string of the molecule is COc1c(C)cc(CCN)cc1F. The van der Waals surface area contributed by atoms with Crippen LogP contribution in [0.1, 0.15) is 11.1 Å². The zero-order chi connectivity index (χ0) is 9.84. The van der Waals surface area contributed by atoms with Crippen molar-refractivity contribution in [3.05, 3.63) is 29.1 Å². The fraction of sp³-hybridized carbons (Fsp3) is 0.400. The summed E-state index contributed by atoms with van der Waals surface area (Å²) in [7, 11) is 1.47. The monoisotopic (exact) mass is 183 g/mol. The molecule has 0 saturated carbocycles. The number of ether oxygens (including phenoxy) is 1. The third-order valence-electron chi connectivity index (χ3n) is 1.93. The lowest BCUT2D eigenvalue weighted by Crippen LogP contribution is -2.04. The third kappa shape index (κ3) is 2.18. The van der Waals surface area contributed by atoms with Gasteiger partial charge in [0.2, 0.25) is 0 Å². The van der Waals surface area contributed by atoms with Gasteiger partial charge in [0, 0.05) is 0 Å². The van der Waals surface area contributed by atoms with Crippen molar-refractivity contribution in [2.75, 3.05) is 13.7 Å². The van der Waals surface area contributed by atoms with Gasteiger partial charge in [-0.3, -0.25) is 0 Å². The Balaban J connectivity index is 3.05. The summed E-state index contributed by atoms with van der Waals surface area (Å²) >= 11 is 0. The molecule has 2 N–H and O–H groups in total. The summed E-state index contributed by atoms with van der Waals surface area (Å²) in [5.74, 6) is 0.00622. The summed E-state index contributed by atoms with van der Waals surface area (Å²) < 4.78 is 18.2. The zero-order valence-corrected chi connectivity index (χ0v) is 7.93. The minimum absolute atomic E-state index is 0.314. The number of halogens is 1. The van der Waals surface area contributed by atoms with Crippen LogP contribution < -0.4 is 10.5 Å². The van der Waals surface area contributed by atoms with E-state index in [1.54, 1.807) is 0 Å². The van der Waals surface area contributed by atoms with Crippen molar-refractivity contribution >= 4 is 0 Å². The van der Waals surface area contributed by atoms with Crippen LogP contribution in [0.3, 0.4) is 0 Å². The van der Waals surface area contributed by atoms with E-state index in [-0.39, 0.29) is 5.82 Å². The topological polar surface area (TPSA) is 35.2 Å². The van der Waals surface area contributed by atoms with Crippen molar-refractivity contribution in [3.63, 3.8) is 0 Å². The number of hydrogen-bond acceptors (Lipinski definition) is 2. The first-order valence-electron chi connectivity index (χ1n) is 4.22. The first kappa shape index (κ1) is 9.99. The van der Waals surface area contributed by atoms with Crippen LogP contribution in [0.5, 0.6) is 5.75 Å². The predicted octanol–water partition coefficient (Wildman–Crippen LogP) is 1.64. The lowest BCUT2D eigenvalue weighted by Gasteiger charge is -2.08. The van der Waals surface area contributed by atoms with Gasteiger partial charge in [0.15, 0.2) is 11.6 Å². The fourth-order valence-corrected chi connectivity index (χ4v) is 1.37. The molecule has 2 nitrogen and oxygen atoms in total. The molecule has 0 aliphatic rings. The van der Waals surface area contributed by atoms with Gasteiger partial charge < -0.3 is 10.5 Å². The molecule has 0 fully saturated rings. The van der Waals surface area contributed by atoms with E-state index < -0.39 is 0 Å². The van der Waals surface area contributed by atoms with Crippen LogP contribution >= 0.6 is 0 Å². The normalized spacial score (nSPS) is 10.2. The van der Waals surface area contributed by atoms with E-state index in [2.05, 4.69) is 0 Å². The van der Waals surface area contributed by atoms with Gasteiger partial charge in [-0.05, 0) is 37.1 Å². The van der Waals surface area contributed by atoms with E-state index in [0.29, 0.717) is 18.7 Å². The molecule has 0 heterocycles. The Morgan fingerprint density at radius 2 is 2.15 bits per heavy atom. The maximum absolute atomic E-state index is 13.3. The number of hydrogen-bond donors (Lipinski definition) is 1. The number of benzene rings is 1. The first-order valence-corrected chi connectivity index (χ1v) is 4.22. The second-order valence-electron chi connectivity index (χ2n) is 2.97. The van der Waals surface area contributed by atoms with Gasteiger partial charge in [0.25, 0.3) is 0 Å². The van der Waals surface area contributed by atoms with Crippen LogP contribution in [0.2, 0.25) is 0 Å². The average molecular weight is 183 g/mol. The van der Waals surface area contributed by atoms with E-state index >= 15 is 0 Å². The molecule has 72 valence electrons. The molecule has 0 unspecified atom stereocenters. The summed E-state index contributed by atoms with van der Waals surface area (Å²) in [6.07, 6.45) is 0.696. The largest absolute Gasteiger partial charge is 0.493 e. The van der Waals surface area contributed by atoms with Crippen molar-refractivity contribution in [3.8, 4) is 5.75 Å². The Kier molecular flexibility index (Phi) is 3.25. The predicted molar refractivity (Wildman–Crippen MR) is 50.4 cm³/mol. The van der Waals surface area contributed by atoms with Gasteiger partial charge in [0.05, 0.1) is 7.11 Å². The number of aryl methyl sites for hydroxylation is 1. The zero-order valence-electron chi connectivity index (χ0n) is 7.93. The van der Waals surface area contributed by atoms with Gasteiger partial charge in [-0.25, -0.2) is 4.39 Å². The maximum atomic E-state index is 13.3. The highest BCUT2D eigenvalue weighted by molar-refractivity contribution is 5.37. The average Bonchev–Trinajstić information content (AvgIpc) is 2.04. The molecule has 0 aromatic heterocycles. The van der Waals surface area contributed by atoms with Crippen LogP contribution in [-0.2, 0) is 6.42 Å². The lowest BCUT2D eigenvalue weighted by atomic mass is 10.1. The van der Waals surface area contributed by atoms with Gasteiger partial charge in [-0.15, -0.1) is 0 Å². The van der Waals surface area contributed by atoms with Crippen molar-refractivity contribution in [2.24, 2.45) is 5.73 Å². The Morgan fingerprint density at radius 3 is 2.62 bits per heavy atom. The van der Waals surface area contributed by atoms with Crippen LogP contribution in [0.25, 0.3) is 0 Å². The lowest BCUT2D eigenvalue weighted by molar-refractivity contribution is 0.383. The van der Waals surface area contributed by atoms with Crippen LogP contribution in [0.4, 0.5) is 4.39 Å². The van der Waals surface area contributed by atoms with Gasteiger partial charge in [-0.2, -0.15) is 0 Å². The molecule has 1 rings (SSSR count). The Hall–Kier alpha value is -1.09. The summed E-state index contributed by atoms with van der Waals surface area (Å²) in [5, 5.41) is 0. The Labute approximate surface area is 77.5 Å². The van der Waals surface area contributed by atoms with E-state index in [1.165, 1.54) is 13.2 Å². The molecular weight excluding hydrogens is 169 g/mol. The molecule has 0 aliphatic heterocycles. The highest BCUT2D eigenvalue weighted by atomic mass is 19.1. The molecule has 0 aliphatic carbocycles. The van der Waals surface area contributed by atoms with E-state index in [0.717, 1.165) is 11.1 Å². The molecule has 0 atom stereocenters. The highest BCUT2D eigenvalue weighted by Gasteiger charge is 2.07. The molecule has 0 radical (unpaired) electrons. The fourth-order valence-electron chi connectivity index (χ4n) is 1.37.